The Morgan fingerprint density at radius 3 is 1.05 bits per heavy atom. The first-order chi connectivity index (χ1) is 18.8. The van der Waals surface area contributed by atoms with Gasteiger partial charge in [0, 0.05) is 6.10 Å². The molecule has 0 saturated heterocycles. The number of benzene rings is 4. The lowest BCUT2D eigenvalue weighted by molar-refractivity contribution is -0.163. The van der Waals surface area contributed by atoms with Crippen LogP contribution in [0.2, 0.25) is 0 Å². The molecule has 198 valence electrons. The zero-order valence-corrected chi connectivity index (χ0v) is 22.8. The summed E-state index contributed by atoms with van der Waals surface area (Å²) in [5.41, 5.74) is -3.31. The molecule has 0 fully saturated rings. The van der Waals surface area contributed by atoms with Gasteiger partial charge in [0.15, 0.2) is 0 Å². The van der Waals surface area contributed by atoms with Gasteiger partial charge in [0.25, 0.3) is 0 Å². The fraction of sp³-hybridized carbons (Fsp3) is 0.161. The van der Waals surface area contributed by atoms with Gasteiger partial charge in [-0.15, -0.1) is 0 Å². The van der Waals surface area contributed by atoms with Crippen LogP contribution in [0, 0.1) is 0 Å². The monoisotopic (exact) mass is 540 g/mol. The first kappa shape index (κ1) is 28.2. The van der Waals surface area contributed by atoms with Gasteiger partial charge in [-0.2, -0.15) is 0 Å². The Balaban J connectivity index is 1.69. The molecule has 4 aromatic carbocycles. The van der Waals surface area contributed by atoms with Gasteiger partial charge in [-0.3, -0.25) is 9.59 Å². The molecule has 0 saturated carbocycles. The van der Waals surface area contributed by atoms with Crippen molar-refractivity contribution in [3.05, 3.63) is 144 Å². The highest BCUT2D eigenvalue weighted by atomic mass is 27.3. The van der Waals surface area contributed by atoms with Gasteiger partial charge in [-0.1, -0.05) is 121 Å². The predicted octanol–water partition coefficient (Wildman–Crippen LogP) is 4.35. The SMILES string of the molecule is CC(C)[O][Al]([O]C(=O)C(O)(c1ccccc1)c1ccccc1)[O]C(=O)C(O)(c1ccccc1)c1ccccc1. The minimum atomic E-state index is -3.62. The molecule has 0 radical (unpaired) electrons. The third-order valence-corrected chi connectivity index (χ3v) is 7.73. The lowest BCUT2D eigenvalue weighted by Gasteiger charge is -2.31. The summed E-state index contributed by atoms with van der Waals surface area (Å²) < 4.78 is 17.0. The molecule has 0 aromatic heterocycles. The number of aliphatic hydroxyl groups is 2. The summed E-state index contributed by atoms with van der Waals surface area (Å²) in [6.07, 6.45) is -0.481. The molecule has 0 aliphatic carbocycles. The average Bonchev–Trinajstić information content (AvgIpc) is 2.97. The van der Waals surface area contributed by atoms with Crippen molar-refractivity contribution in [3.63, 3.8) is 0 Å². The Labute approximate surface area is 232 Å². The molecule has 0 spiro atoms. The van der Waals surface area contributed by atoms with E-state index < -0.39 is 44.4 Å². The van der Waals surface area contributed by atoms with Crippen molar-refractivity contribution >= 4 is 27.1 Å². The highest BCUT2D eigenvalue weighted by Crippen LogP contribution is 2.33. The maximum atomic E-state index is 13.7. The molecule has 0 bridgehead atoms. The molecule has 8 heteroatoms. The Morgan fingerprint density at radius 2 is 0.821 bits per heavy atom. The van der Waals surface area contributed by atoms with Gasteiger partial charge >= 0.3 is 27.1 Å². The van der Waals surface area contributed by atoms with Crippen LogP contribution in [-0.2, 0) is 32.2 Å². The van der Waals surface area contributed by atoms with Crippen molar-refractivity contribution < 1.29 is 31.2 Å². The zero-order valence-electron chi connectivity index (χ0n) is 21.6. The van der Waals surface area contributed by atoms with E-state index in [-0.39, 0.29) is 22.3 Å². The lowest BCUT2D eigenvalue weighted by Crippen LogP contribution is -2.47. The van der Waals surface area contributed by atoms with E-state index in [9.17, 15) is 19.8 Å². The molecule has 0 heterocycles. The molecule has 4 aromatic rings. The Hall–Kier alpha value is -3.77. The average molecular weight is 541 g/mol. The normalized spacial score (nSPS) is 11.6. The molecule has 0 aliphatic rings. The van der Waals surface area contributed by atoms with E-state index in [1.165, 1.54) is 0 Å². The second-order valence-electron chi connectivity index (χ2n) is 9.17. The van der Waals surface area contributed by atoms with Crippen molar-refractivity contribution in [1.82, 2.24) is 0 Å². The number of carbonyl (C=O) groups excluding carboxylic acids is 2. The lowest BCUT2D eigenvalue weighted by atomic mass is 9.86. The predicted molar refractivity (Wildman–Crippen MR) is 146 cm³/mol. The number of rotatable bonds is 10. The third kappa shape index (κ3) is 6.12. The van der Waals surface area contributed by atoms with Crippen molar-refractivity contribution in [2.45, 2.75) is 31.2 Å². The molecular formula is C31H29AlO7. The first-order valence-electron chi connectivity index (χ1n) is 12.5. The fourth-order valence-electron chi connectivity index (χ4n) is 4.17. The second-order valence-corrected chi connectivity index (χ2v) is 10.5. The summed E-state index contributed by atoms with van der Waals surface area (Å²) in [7, 11) is 0. The van der Waals surface area contributed by atoms with Crippen molar-refractivity contribution in [2.24, 2.45) is 0 Å². The van der Waals surface area contributed by atoms with Crippen LogP contribution < -0.4 is 0 Å². The minimum Gasteiger partial charge on any atom is -0.559 e. The summed E-state index contributed by atoms with van der Waals surface area (Å²) in [6.45, 7) is 3.39. The highest BCUT2D eigenvalue weighted by Gasteiger charge is 2.53. The van der Waals surface area contributed by atoms with Gasteiger partial charge < -0.3 is 21.6 Å². The Kier molecular flexibility index (Phi) is 8.98. The van der Waals surface area contributed by atoms with E-state index in [1.54, 1.807) is 135 Å². The van der Waals surface area contributed by atoms with E-state index in [4.69, 9.17) is 11.4 Å². The number of hydrogen-bond acceptors (Lipinski definition) is 7. The Morgan fingerprint density at radius 1 is 0.564 bits per heavy atom. The molecule has 2 N–H and O–H groups in total. The molecule has 0 amide bonds. The molecule has 0 unspecified atom stereocenters. The standard InChI is InChI=1S/2C14H12O3.C3H7O.Al/c2*15-13(16)14(17,11-7-3-1-4-8-11)12-9-5-2-6-10-12;1-3(2)4;/h2*1-10,17H,(H,15,16);3H,1-2H3;/q;;-1;+3/p-2. The van der Waals surface area contributed by atoms with E-state index in [0.717, 1.165) is 0 Å². The van der Waals surface area contributed by atoms with Crippen LogP contribution in [0.4, 0.5) is 0 Å². The van der Waals surface area contributed by atoms with Crippen molar-refractivity contribution in [1.29, 1.82) is 0 Å². The molecule has 0 aliphatic heterocycles. The number of hydrogen-bond donors (Lipinski definition) is 2. The smallest absolute Gasteiger partial charge is 0.559 e. The second kappa shape index (κ2) is 12.4. The van der Waals surface area contributed by atoms with Crippen LogP contribution >= 0.6 is 0 Å². The summed E-state index contributed by atoms with van der Waals surface area (Å²) in [5, 5.41) is 23.5. The van der Waals surface area contributed by atoms with Gasteiger partial charge in [0.2, 0.25) is 11.2 Å². The third-order valence-electron chi connectivity index (χ3n) is 6.15. The van der Waals surface area contributed by atoms with Gasteiger partial charge in [-0.25, -0.2) is 0 Å². The van der Waals surface area contributed by atoms with Crippen LogP contribution in [0.25, 0.3) is 0 Å². The van der Waals surface area contributed by atoms with Crippen LogP contribution in [0.1, 0.15) is 36.1 Å². The maximum absolute atomic E-state index is 13.7. The van der Waals surface area contributed by atoms with Crippen LogP contribution in [0.5, 0.6) is 0 Å². The summed E-state index contributed by atoms with van der Waals surface area (Å²) in [6, 6.07) is 33.4. The largest absolute Gasteiger partial charge is 1.10 e. The minimum absolute atomic E-state index is 0.273. The number of carbonyl (C=O) groups is 2. The molecule has 7 nitrogen and oxygen atoms in total. The van der Waals surface area contributed by atoms with E-state index >= 15 is 0 Å². The van der Waals surface area contributed by atoms with Crippen molar-refractivity contribution in [3.8, 4) is 0 Å². The van der Waals surface area contributed by atoms with Gasteiger partial charge in [0.05, 0.1) is 0 Å². The summed E-state index contributed by atoms with van der Waals surface area (Å²) in [4.78, 5) is 27.3. The van der Waals surface area contributed by atoms with E-state index in [2.05, 4.69) is 0 Å². The molecule has 0 atom stereocenters. The summed E-state index contributed by atoms with van der Waals surface area (Å²) in [5.74, 6) is -2.12. The molecule has 4 rings (SSSR count). The molecule has 39 heavy (non-hydrogen) atoms. The van der Waals surface area contributed by atoms with Crippen LogP contribution in [0.3, 0.4) is 0 Å². The van der Waals surface area contributed by atoms with Crippen molar-refractivity contribution in [2.75, 3.05) is 0 Å². The van der Waals surface area contributed by atoms with Gasteiger partial charge in [0.1, 0.15) is 0 Å². The van der Waals surface area contributed by atoms with Crippen LogP contribution in [-0.4, -0.2) is 43.4 Å². The highest BCUT2D eigenvalue weighted by molar-refractivity contribution is 6.42. The summed E-state index contributed by atoms with van der Waals surface area (Å²) >= 11 is -3.62. The fourth-order valence-corrected chi connectivity index (χ4v) is 5.46. The Bertz CT molecular complexity index is 1180. The maximum Gasteiger partial charge on any atom is 1.10 e. The quantitative estimate of drug-likeness (QED) is 0.288. The zero-order chi connectivity index (χ0) is 27.9. The topological polar surface area (TPSA) is 102 Å². The first-order valence-corrected chi connectivity index (χ1v) is 13.9. The van der Waals surface area contributed by atoms with E-state index in [0.29, 0.717) is 0 Å². The van der Waals surface area contributed by atoms with Crippen LogP contribution in [0.15, 0.2) is 121 Å². The van der Waals surface area contributed by atoms with Gasteiger partial charge in [-0.05, 0) is 36.1 Å². The van der Waals surface area contributed by atoms with E-state index in [1.807, 2.05) is 0 Å². The molecular weight excluding hydrogens is 511 g/mol.